The number of carbonyl (C=O) groups is 1. The van der Waals surface area contributed by atoms with E-state index in [9.17, 15) is 4.79 Å². The van der Waals surface area contributed by atoms with Crippen LogP contribution in [0.1, 0.15) is 62.9 Å². The maximum atomic E-state index is 12.7. The van der Waals surface area contributed by atoms with Gasteiger partial charge in [-0.25, -0.2) is 0 Å². The van der Waals surface area contributed by atoms with E-state index in [1.54, 1.807) is 11.3 Å². The lowest BCUT2D eigenvalue weighted by atomic mass is 10.1. The van der Waals surface area contributed by atoms with Crippen LogP contribution in [0.5, 0.6) is 0 Å². The van der Waals surface area contributed by atoms with Crippen molar-refractivity contribution in [3.05, 3.63) is 24.0 Å². The lowest BCUT2D eigenvalue weighted by Crippen LogP contribution is -2.31. The number of hydrogen-bond donors (Lipinski definition) is 1. The number of aromatic nitrogens is 3. The average molecular weight is 419 g/mol. The van der Waals surface area contributed by atoms with Gasteiger partial charge in [-0.2, -0.15) is 0 Å². The molecule has 0 saturated carbocycles. The molecule has 0 spiro atoms. The minimum Gasteiger partial charge on any atom is -0.351 e. The summed E-state index contributed by atoms with van der Waals surface area (Å²) < 4.78 is 1.85. The quantitative estimate of drug-likeness (QED) is 0.565. The molecule has 0 atom stereocenters. The Morgan fingerprint density at radius 2 is 1.90 bits per heavy atom. The molecule has 0 unspecified atom stereocenters. The Bertz CT molecular complexity index is 752. The zero-order valence-corrected chi connectivity index (χ0v) is 18.6. The van der Waals surface area contributed by atoms with Crippen LogP contribution in [0.2, 0.25) is 0 Å². The Hall–Kier alpha value is -1.93. The number of hydrogen-bond acceptors (Lipinski definition) is 6. The van der Waals surface area contributed by atoms with Crippen LogP contribution in [-0.2, 0) is 0 Å². The van der Waals surface area contributed by atoms with E-state index < -0.39 is 0 Å². The predicted octanol–water partition coefficient (Wildman–Crippen LogP) is 3.56. The highest BCUT2D eigenvalue weighted by molar-refractivity contribution is 7.17. The van der Waals surface area contributed by atoms with Gasteiger partial charge in [0, 0.05) is 25.8 Å². The third-order valence-electron chi connectivity index (χ3n) is 5.43. The third kappa shape index (κ3) is 6.02. The fourth-order valence-electron chi connectivity index (χ4n) is 3.66. The number of unbranched alkanes of at least 4 members (excludes halogenated alkanes) is 1. The topological polar surface area (TPSA) is 66.3 Å². The van der Waals surface area contributed by atoms with Crippen molar-refractivity contribution in [1.82, 2.24) is 25.0 Å². The molecule has 1 aliphatic heterocycles. The molecule has 3 rings (SSSR count). The summed E-state index contributed by atoms with van der Waals surface area (Å²) in [6.07, 6.45) is 9.00. The van der Waals surface area contributed by atoms with Gasteiger partial charge in [-0.1, -0.05) is 31.6 Å². The average Bonchev–Trinajstić information content (AvgIpc) is 3.43. The van der Waals surface area contributed by atoms with Crippen LogP contribution < -0.4 is 10.2 Å². The highest BCUT2D eigenvalue weighted by Gasteiger charge is 2.19. The molecule has 2 aromatic heterocycles. The number of nitrogens with one attached hydrogen (secondary N) is 1. The van der Waals surface area contributed by atoms with Crippen LogP contribution in [0.4, 0.5) is 5.13 Å². The summed E-state index contributed by atoms with van der Waals surface area (Å²) in [6.45, 7) is 10.4. The van der Waals surface area contributed by atoms with Crippen molar-refractivity contribution in [2.24, 2.45) is 0 Å². The van der Waals surface area contributed by atoms with Crippen LogP contribution in [0.25, 0.3) is 5.13 Å². The fraction of sp³-hybridized carbons (Fsp3) is 0.667. The van der Waals surface area contributed by atoms with Gasteiger partial charge in [0.2, 0.25) is 10.3 Å². The van der Waals surface area contributed by atoms with Crippen molar-refractivity contribution in [1.29, 1.82) is 0 Å². The number of anilines is 1. The smallest absolute Gasteiger partial charge is 0.268 e. The minimum atomic E-state index is -0.0543. The number of carbonyl (C=O) groups excluding carboxylic acids is 1. The molecule has 8 heteroatoms. The second kappa shape index (κ2) is 11.3. The Kier molecular flexibility index (Phi) is 8.49. The number of rotatable bonds is 11. The minimum absolute atomic E-state index is 0.0543. The monoisotopic (exact) mass is 418 g/mol. The first-order chi connectivity index (χ1) is 14.2. The number of nitrogens with zero attached hydrogens (tertiary/aromatic N) is 5. The molecule has 1 aliphatic rings. The largest absolute Gasteiger partial charge is 0.351 e. The van der Waals surface area contributed by atoms with Crippen LogP contribution in [0.15, 0.2) is 18.3 Å². The van der Waals surface area contributed by atoms with E-state index in [0.717, 1.165) is 49.4 Å². The summed E-state index contributed by atoms with van der Waals surface area (Å²) in [7, 11) is 0. The predicted molar refractivity (Wildman–Crippen MR) is 119 cm³/mol. The molecule has 7 nitrogen and oxygen atoms in total. The Morgan fingerprint density at radius 3 is 2.66 bits per heavy atom. The molecule has 1 fully saturated rings. The van der Waals surface area contributed by atoms with Crippen molar-refractivity contribution in [2.45, 2.75) is 52.4 Å². The molecule has 2 aromatic rings. The van der Waals surface area contributed by atoms with Gasteiger partial charge in [-0.3, -0.25) is 9.36 Å². The molecule has 1 amide bonds. The van der Waals surface area contributed by atoms with E-state index >= 15 is 0 Å². The zero-order chi connectivity index (χ0) is 20.5. The molecular formula is C21H34N6OS. The fourth-order valence-corrected chi connectivity index (χ4v) is 4.55. The summed E-state index contributed by atoms with van der Waals surface area (Å²) in [5, 5.41) is 13.5. The first-order valence-corrected chi connectivity index (χ1v) is 11.8. The molecule has 160 valence electrons. The Balaban J connectivity index is 1.53. The van der Waals surface area contributed by atoms with Crippen LogP contribution in [-0.4, -0.2) is 64.8 Å². The molecule has 3 heterocycles. The van der Waals surface area contributed by atoms with Crippen LogP contribution >= 0.6 is 11.3 Å². The standard InChI is InChI=1S/C21H34N6OS/c1-3-5-13-25(4-2)14-10-12-22-19(28)18-11-9-17-27(18)21-24-23-20(29-21)26-15-7-6-8-16-26/h9,11,17H,3-8,10,12-16H2,1-2H3,(H,22,28). The van der Waals surface area contributed by atoms with Gasteiger partial charge in [-0.15, -0.1) is 10.2 Å². The Labute approximate surface area is 178 Å². The summed E-state index contributed by atoms with van der Waals surface area (Å²) in [5.74, 6) is -0.0543. The number of amides is 1. The van der Waals surface area contributed by atoms with E-state index in [0.29, 0.717) is 12.2 Å². The molecule has 29 heavy (non-hydrogen) atoms. The van der Waals surface area contributed by atoms with Crippen molar-refractivity contribution < 1.29 is 4.79 Å². The lowest BCUT2D eigenvalue weighted by molar-refractivity contribution is 0.0945. The first-order valence-electron chi connectivity index (χ1n) is 11.0. The second-order valence-corrected chi connectivity index (χ2v) is 8.51. The highest BCUT2D eigenvalue weighted by Crippen LogP contribution is 2.26. The molecule has 1 saturated heterocycles. The maximum absolute atomic E-state index is 12.7. The molecule has 0 aliphatic carbocycles. The van der Waals surface area contributed by atoms with Gasteiger partial charge in [0.1, 0.15) is 5.69 Å². The first kappa shape index (κ1) is 21.8. The van der Waals surface area contributed by atoms with E-state index in [-0.39, 0.29) is 5.91 Å². The SMILES string of the molecule is CCCCN(CC)CCCNC(=O)c1cccn1-c1nnc(N2CCCCC2)s1. The maximum Gasteiger partial charge on any atom is 0.268 e. The summed E-state index contributed by atoms with van der Waals surface area (Å²) >= 11 is 1.55. The summed E-state index contributed by atoms with van der Waals surface area (Å²) in [5.41, 5.74) is 0.615. The van der Waals surface area contributed by atoms with Crippen LogP contribution in [0.3, 0.4) is 0 Å². The van der Waals surface area contributed by atoms with E-state index in [1.165, 1.54) is 32.1 Å². The highest BCUT2D eigenvalue weighted by atomic mass is 32.1. The van der Waals surface area contributed by atoms with E-state index in [4.69, 9.17) is 0 Å². The second-order valence-electron chi connectivity index (χ2n) is 7.58. The van der Waals surface area contributed by atoms with E-state index in [1.807, 2.05) is 22.9 Å². The van der Waals surface area contributed by atoms with Crippen molar-refractivity contribution in [3.8, 4) is 5.13 Å². The van der Waals surface area contributed by atoms with Crippen molar-refractivity contribution in [2.75, 3.05) is 44.2 Å². The molecule has 0 aromatic carbocycles. The van der Waals surface area contributed by atoms with Gasteiger partial charge in [-0.05, 0) is 63.9 Å². The molecule has 1 N–H and O–H groups in total. The van der Waals surface area contributed by atoms with Gasteiger partial charge >= 0.3 is 0 Å². The summed E-state index contributed by atoms with van der Waals surface area (Å²) in [4.78, 5) is 17.4. The van der Waals surface area contributed by atoms with Gasteiger partial charge in [0.15, 0.2) is 0 Å². The zero-order valence-electron chi connectivity index (χ0n) is 17.8. The van der Waals surface area contributed by atoms with Gasteiger partial charge < -0.3 is 15.1 Å². The van der Waals surface area contributed by atoms with Crippen molar-refractivity contribution in [3.63, 3.8) is 0 Å². The molecule has 0 radical (unpaired) electrons. The van der Waals surface area contributed by atoms with Gasteiger partial charge in [0.05, 0.1) is 0 Å². The van der Waals surface area contributed by atoms with E-state index in [2.05, 4.69) is 39.2 Å². The Morgan fingerprint density at radius 1 is 1.14 bits per heavy atom. The molecular weight excluding hydrogens is 384 g/mol. The van der Waals surface area contributed by atoms with Crippen molar-refractivity contribution >= 4 is 22.4 Å². The normalized spacial score (nSPS) is 14.5. The lowest BCUT2D eigenvalue weighted by Gasteiger charge is -2.25. The number of piperidine rings is 1. The van der Waals surface area contributed by atoms with Crippen LogP contribution in [0, 0.1) is 0 Å². The third-order valence-corrected chi connectivity index (χ3v) is 6.41. The molecule has 0 bridgehead atoms. The summed E-state index contributed by atoms with van der Waals surface area (Å²) in [6, 6.07) is 3.73. The van der Waals surface area contributed by atoms with Gasteiger partial charge in [0.25, 0.3) is 5.91 Å².